The molecule has 0 bridgehead atoms. The lowest BCUT2D eigenvalue weighted by molar-refractivity contribution is -0.0545. The van der Waals surface area contributed by atoms with Gasteiger partial charge in [-0.25, -0.2) is 4.98 Å². The van der Waals surface area contributed by atoms with Crippen LogP contribution in [0.15, 0.2) is 60.9 Å². The summed E-state index contributed by atoms with van der Waals surface area (Å²) in [7, 11) is 0. The number of rotatable bonds is 5. The van der Waals surface area contributed by atoms with Gasteiger partial charge in [-0.15, -0.1) is 0 Å². The number of benzene rings is 2. The number of nitrogen functional groups attached to an aromatic ring is 1. The molecular weight excluding hydrogens is 448 g/mol. The van der Waals surface area contributed by atoms with Crippen molar-refractivity contribution in [1.82, 2.24) is 19.7 Å². The van der Waals surface area contributed by atoms with Crippen LogP contribution in [-0.2, 0) is 16.0 Å². The highest BCUT2D eigenvalue weighted by atomic mass is 79.9. The maximum atomic E-state index is 5.96. The molecule has 30 heavy (non-hydrogen) atoms. The van der Waals surface area contributed by atoms with Gasteiger partial charge in [0, 0.05) is 17.1 Å². The van der Waals surface area contributed by atoms with Gasteiger partial charge in [-0.1, -0.05) is 24.3 Å². The standard InChI is InChI=1S/C21H19BrN6O2/c22-28(16-4-2-1-3-5-16)20-17-10-14(6-7-18(17)25-21(23)26-20)15-11-24-27(12-15)13-19-29-8-9-30-19/h1-7,10-12,19H,8-9,13H2,(H2,23,25,26). The fourth-order valence-electron chi connectivity index (χ4n) is 3.42. The van der Waals surface area contributed by atoms with Gasteiger partial charge >= 0.3 is 0 Å². The maximum absolute atomic E-state index is 5.96. The molecule has 0 amide bonds. The molecule has 2 aromatic carbocycles. The van der Waals surface area contributed by atoms with Crippen molar-refractivity contribution in [2.45, 2.75) is 12.8 Å². The Kier molecular flexibility index (Phi) is 5.07. The first-order valence-electron chi connectivity index (χ1n) is 9.52. The minimum absolute atomic E-state index is 0.218. The molecule has 5 rings (SSSR count). The third kappa shape index (κ3) is 3.74. The largest absolute Gasteiger partial charge is 0.368 e. The molecule has 9 heteroatoms. The number of anilines is 3. The number of para-hydroxylation sites is 1. The van der Waals surface area contributed by atoms with Crippen LogP contribution in [0.2, 0.25) is 0 Å². The predicted octanol–water partition coefficient (Wildman–Crippen LogP) is 3.90. The van der Waals surface area contributed by atoms with E-state index in [1.165, 1.54) is 0 Å². The minimum atomic E-state index is -0.245. The summed E-state index contributed by atoms with van der Waals surface area (Å²) in [6.07, 6.45) is 3.56. The van der Waals surface area contributed by atoms with Crippen molar-refractivity contribution in [2.75, 3.05) is 22.9 Å². The number of fused-ring (bicyclic) bond motifs is 1. The Bertz CT molecular complexity index is 1180. The van der Waals surface area contributed by atoms with Crippen molar-refractivity contribution in [2.24, 2.45) is 0 Å². The molecular formula is C21H19BrN6O2. The van der Waals surface area contributed by atoms with Crippen molar-refractivity contribution < 1.29 is 9.47 Å². The molecule has 0 aliphatic carbocycles. The lowest BCUT2D eigenvalue weighted by atomic mass is 10.1. The number of halogens is 1. The zero-order chi connectivity index (χ0) is 20.5. The average molecular weight is 467 g/mol. The van der Waals surface area contributed by atoms with Crippen LogP contribution in [0.1, 0.15) is 0 Å². The molecule has 3 heterocycles. The van der Waals surface area contributed by atoms with Crippen LogP contribution in [0.4, 0.5) is 17.5 Å². The van der Waals surface area contributed by atoms with E-state index in [-0.39, 0.29) is 12.2 Å². The van der Waals surface area contributed by atoms with Crippen molar-refractivity contribution in [3.63, 3.8) is 0 Å². The van der Waals surface area contributed by atoms with E-state index < -0.39 is 0 Å². The molecule has 0 saturated carbocycles. The van der Waals surface area contributed by atoms with Gasteiger partial charge in [0.05, 0.1) is 53.3 Å². The number of hydrogen-bond donors (Lipinski definition) is 1. The summed E-state index contributed by atoms with van der Waals surface area (Å²) in [5, 5.41) is 5.31. The van der Waals surface area contributed by atoms with Crippen LogP contribution in [0, 0.1) is 0 Å². The smallest absolute Gasteiger partial charge is 0.222 e. The molecule has 152 valence electrons. The topological polar surface area (TPSA) is 91.3 Å². The number of nitrogens with two attached hydrogens (primary N) is 1. The number of nitrogens with zero attached hydrogens (tertiary/aromatic N) is 5. The van der Waals surface area contributed by atoms with Crippen LogP contribution < -0.4 is 9.66 Å². The second kappa shape index (κ2) is 8.02. The lowest BCUT2D eigenvalue weighted by Gasteiger charge is -2.18. The monoisotopic (exact) mass is 466 g/mol. The summed E-state index contributed by atoms with van der Waals surface area (Å²) < 4.78 is 14.7. The van der Waals surface area contributed by atoms with Gasteiger partial charge in [0.2, 0.25) is 5.95 Å². The summed E-state index contributed by atoms with van der Waals surface area (Å²) in [6.45, 7) is 1.81. The normalized spacial score (nSPS) is 14.4. The summed E-state index contributed by atoms with van der Waals surface area (Å²) in [5.41, 5.74) is 9.66. The maximum Gasteiger partial charge on any atom is 0.222 e. The van der Waals surface area contributed by atoms with E-state index in [2.05, 4.69) is 31.2 Å². The Morgan fingerprint density at radius 1 is 1.07 bits per heavy atom. The second-order valence-corrected chi connectivity index (χ2v) is 7.59. The molecule has 1 fully saturated rings. The van der Waals surface area contributed by atoms with Gasteiger partial charge in [0.15, 0.2) is 12.1 Å². The highest BCUT2D eigenvalue weighted by molar-refractivity contribution is 9.10. The summed E-state index contributed by atoms with van der Waals surface area (Å²) in [4.78, 5) is 8.86. The molecule has 0 unspecified atom stereocenters. The van der Waals surface area contributed by atoms with Crippen LogP contribution in [-0.4, -0.2) is 39.3 Å². The molecule has 4 aromatic rings. The summed E-state index contributed by atoms with van der Waals surface area (Å²) >= 11 is 3.63. The van der Waals surface area contributed by atoms with Crippen LogP contribution in [0.5, 0.6) is 0 Å². The molecule has 2 N–H and O–H groups in total. The number of hydrogen-bond acceptors (Lipinski definition) is 7. The number of ether oxygens (including phenoxy) is 2. The van der Waals surface area contributed by atoms with Crippen molar-refractivity contribution >= 4 is 44.5 Å². The van der Waals surface area contributed by atoms with E-state index in [0.29, 0.717) is 25.6 Å². The van der Waals surface area contributed by atoms with Gasteiger partial charge in [-0.3, -0.25) is 8.61 Å². The van der Waals surface area contributed by atoms with E-state index >= 15 is 0 Å². The van der Waals surface area contributed by atoms with Crippen LogP contribution >= 0.6 is 16.1 Å². The van der Waals surface area contributed by atoms with Gasteiger partial charge in [0.25, 0.3) is 0 Å². The Hall–Kier alpha value is -3.01. The first-order chi connectivity index (χ1) is 14.7. The molecule has 8 nitrogen and oxygen atoms in total. The molecule has 0 spiro atoms. The lowest BCUT2D eigenvalue weighted by Crippen LogP contribution is -2.16. The number of aromatic nitrogens is 4. The highest BCUT2D eigenvalue weighted by Crippen LogP contribution is 2.35. The van der Waals surface area contributed by atoms with Crippen molar-refractivity contribution in [3.8, 4) is 11.1 Å². The average Bonchev–Trinajstić information content (AvgIpc) is 3.46. The van der Waals surface area contributed by atoms with E-state index in [0.717, 1.165) is 27.7 Å². The Labute approximate surface area is 181 Å². The Balaban J connectivity index is 1.52. The third-order valence-electron chi connectivity index (χ3n) is 4.86. The van der Waals surface area contributed by atoms with Gasteiger partial charge in [0.1, 0.15) is 0 Å². The van der Waals surface area contributed by atoms with Gasteiger partial charge in [-0.2, -0.15) is 10.1 Å². The zero-order valence-electron chi connectivity index (χ0n) is 16.0. The molecule has 1 aliphatic rings. The van der Waals surface area contributed by atoms with E-state index in [9.17, 15) is 0 Å². The van der Waals surface area contributed by atoms with Gasteiger partial charge in [-0.05, 0) is 29.8 Å². The predicted molar refractivity (Wildman–Crippen MR) is 118 cm³/mol. The first-order valence-corrected chi connectivity index (χ1v) is 10.2. The van der Waals surface area contributed by atoms with E-state index in [1.54, 1.807) is 0 Å². The fraction of sp³-hybridized carbons (Fsp3) is 0.190. The van der Waals surface area contributed by atoms with E-state index in [4.69, 9.17) is 15.2 Å². The second-order valence-electron chi connectivity index (χ2n) is 6.88. The van der Waals surface area contributed by atoms with E-state index in [1.807, 2.05) is 69.5 Å². The summed E-state index contributed by atoms with van der Waals surface area (Å²) in [6, 6.07) is 15.9. The molecule has 2 aromatic heterocycles. The molecule has 0 radical (unpaired) electrons. The van der Waals surface area contributed by atoms with Gasteiger partial charge < -0.3 is 15.2 Å². The van der Waals surface area contributed by atoms with Crippen molar-refractivity contribution in [1.29, 1.82) is 0 Å². The SMILES string of the molecule is Nc1nc(N(Br)c2ccccc2)c2cc(-c3cnn(CC4OCCO4)c3)ccc2n1. The summed E-state index contributed by atoms with van der Waals surface area (Å²) in [5.74, 6) is 0.890. The first kappa shape index (κ1) is 19.0. The quantitative estimate of drug-likeness (QED) is 0.445. The van der Waals surface area contributed by atoms with Crippen LogP contribution in [0.25, 0.3) is 22.0 Å². The zero-order valence-corrected chi connectivity index (χ0v) is 17.6. The van der Waals surface area contributed by atoms with Crippen LogP contribution in [0.3, 0.4) is 0 Å². The Morgan fingerprint density at radius 2 is 1.87 bits per heavy atom. The fourth-order valence-corrected chi connectivity index (χ4v) is 3.92. The Morgan fingerprint density at radius 3 is 2.67 bits per heavy atom. The third-order valence-corrected chi connectivity index (χ3v) is 5.60. The molecule has 1 saturated heterocycles. The minimum Gasteiger partial charge on any atom is -0.368 e. The highest BCUT2D eigenvalue weighted by Gasteiger charge is 2.18. The van der Waals surface area contributed by atoms with Crippen molar-refractivity contribution in [3.05, 3.63) is 60.9 Å². The molecule has 1 aliphatic heterocycles. The molecule has 0 atom stereocenters.